The van der Waals surface area contributed by atoms with Crippen molar-refractivity contribution in [3.8, 4) is 0 Å². The SMILES string of the molecule is [Li][CH](c1ccccc1)[Si](C)(C)C. The Balaban J connectivity index is 2.86. The molecule has 0 radical (unpaired) electrons. The van der Waals surface area contributed by atoms with E-state index in [4.69, 9.17) is 0 Å². The van der Waals surface area contributed by atoms with Crippen molar-refractivity contribution in [3.05, 3.63) is 35.9 Å². The predicted octanol–water partition coefficient (Wildman–Crippen LogP) is 2.77. The molecule has 0 saturated heterocycles. The molecule has 0 N–H and O–H groups in total. The third-order valence-corrected chi connectivity index (χ3v) is 5.53. The molecule has 1 atom stereocenters. The van der Waals surface area contributed by atoms with Crippen LogP contribution in [0.25, 0.3) is 0 Å². The average molecular weight is 170 g/mol. The van der Waals surface area contributed by atoms with Crippen LogP contribution in [0.5, 0.6) is 0 Å². The van der Waals surface area contributed by atoms with Gasteiger partial charge in [-0.15, -0.1) is 0 Å². The van der Waals surface area contributed by atoms with E-state index in [-0.39, 0.29) is 0 Å². The molecule has 1 aromatic rings. The van der Waals surface area contributed by atoms with E-state index in [9.17, 15) is 0 Å². The molecule has 0 bridgehead atoms. The molecule has 1 unspecified atom stereocenters. The molecule has 0 aromatic heterocycles. The molecular weight excluding hydrogens is 155 g/mol. The fourth-order valence-electron chi connectivity index (χ4n) is 1.24. The Labute approximate surface area is 85.6 Å². The van der Waals surface area contributed by atoms with Gasteiger partial charge in [-0.2, -0.15) is 0 Å². The summed E-state index contributed by atoms with van der Waals surface area (Å²) in [6.45, 7) is 7.26. The first-order valence-electron chi connectivity index (χ1n) is 4.57. The number of rotatable bonds is 2. The zero-order valence-electron chi connectivity index (χ0n) is 8.46. The van der Waals surface area contributed by atoms with E-state index < -0.39 is 8.07 Å². The molecule has 0 aliphatic heterocycles. The zero-order chi connectivity index (χ0) is 9.19. The Morgan fingerprint density at radius 3 is 2.00 bits per heavy atom. The van der Waals surface area contributed by atoms with Gasteiger partial charge in [0.05, 0.1) is 0 Å². The van der Waals surface area contributed by atoms with Gasteiger partial charge in [-0.1, -0.05) is 0 Å². The van der Waals surface area contributed by atoms with Crippen LogP contribution < -0.4 is 0 Å². The van der Waals surface area contributed by atoms with Crippen molar-refractivity contribution < 1.29 is 0 Å². The second-order valence-corrected chi connectivity index (χ2v) is 10.1. The monoisotopic (exact) mass is 170 g/mol. The molecule has 0 nitrogen and oxygen atoms in total. The molecule has 0 aliphatic rings. The predicted molar refractivity (Wildman–Crippen MR) is 58.3 cm³/mol. The Hall–Kier alpha value is 0.0343. The van der Waals surface area contributed by atoms with Gasteiger partial charge in [-0.3, -0.25) is 0 Å². The topological polar surface area (TPSA) is 0 Å². The summed E-state index contributed by atoms with van der Waals surface area (Å²) in [5, 5.41) is 0. The summed E-state index contributed by atoms with van der Waals surface area (Å²) in [5.41, 5.74) is 1.50. The normalized spacial score (nSPS) is 14.4. The van der Waals surface area contributed by atoms with Gasteiger partial charge < -0.3 is 0 Å². The van der Waals surface area contributed by atoms with Crippen molar-refractivity contribution in [1.82, 2.24) is 0 Å². The summed E-state index contributed by atoms with van der Waals surface area (Å²) < 4.78 is 0.763. The van der Waals surface area contributed by atoms with Gasteiger partial charge in [0.1, 0.15) is 0 Å². The van der Waals surface area contributed by atoms with Crippen molar-refractivity contribution >= 4 is 25.8 Å². The molecule has 0 spiro atoms. The maximum atomic E-state index is 2.42. The van der Waals surface area contributed by atoms with Gasteiger partial charge in [0.25, 0.3) is 0 Å². The van der Waals surface area contributed by atoms with Gasteiger partial charge in [0.2, 0.25) is 0 Å². The standard InChI is InChI=1S/C10H15Si.Li/c1-11(2,3)9-10-7-5-4-6-8-10;/h4-9H,1-3H3;. The van der Waals surface area contributed by atoms with Crippen LogP contribution in [0, 0.1) is 0 Å². The minimum absolute atomic E-state index is 0.763. The summed E-state index contributed by atoms with van der Waals surface area (Å²) in [4.78, 5) is 0. The van der Waals surface area contributed by atoms with Crippen molar-refractivity contribution in [3.63, 3.8) is 0 Å². The summed E-state index contributed by atoms with van der Waals surface area (Å²) in [6.07, 6.45) is 0. The second-order valence-electron chi connectivity index (χ2n) is 4.50. The molecule has 0 amide bonds. The molecule has 0 saturated carbocycles. The number of benzene rings is 1. The fraction of sp³-hybridized carbons (Fsp3) is 0.400. The first kappa shape index (κ1) is 10.1. The van der Waals surface area contributed by atoms with Crippen molar-refractivity contribution in [2.75, 3.05) is 0 Å². The average Bonchev–Trinajstić information content (AvgIpc) is 2.03. The summed E-state index contributed by atoms with van der Waals surface area (Å²) in [7, 11) is -1.00. The first-order valence-corrected chi connectivity index (χ1v) is 8.14. The van der Waals surface area contributed by atoms with Gasteiger partial charge in [0, 0.05) is 0 Å². The van der Waals surface area contributed by atoms with Crippen LogP contribution in [0.4, 0.5) is 0 Å². The molecule has 2 heteroatoms. The van der Waals surface area contributed by atoms with E-state index in [1.165, 1.54) is 5.56 Å². The van der Waals surface area contributed by atoms with Crippen LogP contribution in [0.3, 0.4) is 0 Å². The Kier molecular flexibility index (Phi) is 3.23. The molecule has 1 aromatic carbocycles. The quantitative estimate of drug-likeness (QED) is 0.599. The van der Waals surface area contributed by atoms with Crippen LogP contribution in [0.1, 0.15) is 9.78 Å². The van der Waals surface area contributed by atoms with Crippen molar-refractivity contribution in [2.45, 2.75) is 23.9 Å². The Morgan fingerprint density at radius 1 is 1.08 bits per heavy atom. The summed E-state index contributed by atoms with van der Waals surface area (Å²) in [6, 6.07) is 10.8. The van der Waals surface area contributed by atoms with Crippen molar-refractivity contribution in [2.24, 2.45) is 0 Å². The van der Waals surface area contributed by atoms with E-state index in [2.05, 4.69) is 67.7 Å². The van der Waals surface area contributed by atoms with E-state index in [0.29, 0.717) is 0 Å². The molecule has 0 aliphatic carbocycles. The fourth-order valence-corrected chi connectivity index (χ4v) is 2.43. The van der Waals surface area contributed by atoms with Gasteiger partial charge in [-0.25, -0.2) is 0 Å². The van der Waals surface area contributed by atoms with Crippen LogP contribution in [-0.2, 0) is 0 Å². The summed E-state index contributed by atoms with van der Waals surface area (Å²) >= 11 is 2.35. The molecule has 1 rings (SSSR count). The first-order chi connectivity index (χ1) is 5.52. The number of hydrogen-bond acceptors (Lipinski definition) is 0. The maximum absolute atomic E-state index is 2.42. The third kappa shape index (κ3) is 2.52. The van der Waals surface area contributed by atoms with E-state index >= 15 is 0 Å². The van der Waals surface area contributed by atoms with Crippen LogP contribution >= 0.6 is 0 Å². The third-order valence-electron chi connectivity index (χ3n) is 2.60. The van der Waals surface area contributed by atoms with Gasteiger partial charge in [0.15, 0.2) is 0 Å². The Bertz CT molecular complexity index is 238. The van der Waals surface area contributed by atoms with Crippen LogP contribution in [0.15, 0.2) is 30.3 Å². The van der Waals surface area contributed by atoms with Gasteiger partial charge >= 0.3 is 85.5 Å². The Morgan fingerprint density at radius 2 is 1.58 bits per heavy atom. The molecule has 0 fully saturated rings. The molecule has 0 heterocycles. The molecule has 60 valence electrons. The van der Waals surface area contributed by atoms with E-state index in [1.54, 1.807) is 0 Å². The molecular formula is C10H15LiSi. The van der Waals surface area contributed by atoms with Gasteiger partial charge in [-0.05, 0) is 0 Å². The van der Waals surface area contributed by atoms with Crippen LogP contribution in [0.2, 0.25) is 19.6 Å². The minimum atomic E-state index is -1.00. The van der Waals surface area contributed by atoms with E-state index in [0.717, 1.165) is 4.21 Å². The van der Waals surface area contributed by atoms with E-state index in [1.807, 2.05) is 0 Å². The summed E-state index contributed by atoms with van der Waals surface area (Å²) in [5.74, 6) is 0. The van der Waals surface area contributed by atoms with Crippen LogP contribution in [-0.4, -0.2) is 25.8 Å². The zero-order valence-corrected chi connectivity index (χ0v) is 9.46. The van der Waals surface area contributed by atoms with Crippen molar-refractivity contribution in [1.29, 1.82) is 0 Å². The number of hydrogen-bond donors (Lipinski definition) is 0. The second kappa shape index (κ2) is 3.83. The molecule has 12 heavy (non-hydrogen) atoms.